The summed E-state index contributed by atoms with van der Waals surface area (Å²) in [4.78, 5) is 11.2. The van der Waals surface area contributed by atoms with Crippen molar-refractivity contribution in [1.82, 2.24) is 0 Å². The van der Waals surface area contributed by atoms with Crippen molar-refractivity contribution in [2.75, 3.05) is 11.1 Å². The van der Waals surface area contributed by atoms with Gasteiger partial charge in [-0.05, 0) is 46.3 Å². The Morgan fingerprint density at radius 2 is 2.00 bits per heavy atom. The molecule has 0 aliphatic rings. The number of benzene rings is 2. The maximum absolute atomic E-state index is 13.2. The lowest BCUT2D eigenvalue weighted by molar-refractivity contribution is 0.100. The number of hydrogen-bond acceptors (Lipinski definition) is 3. The van der Waals surface area contributed by atoms with Gasteiger partial charge in [0.2, 0.25) is 5.91 Å². The average molecular weight is 359 g/mol. The Hall–Kier alpha value is -1.79. The van der Waals surface area contributed by atoms with Crippen molar-refractivity contribution in [2.24, 2.45) is 5.73 Å². The van der Waals surface area contributed by atoms with E-state index < -0.39 is 11.7 Å². The first kappa shape index (κ1) is 14.6. The third-order valence-electron chi connectivity index (χ3n) is 2.60. The van der Waals surface area contributed by atoms with Crippen molar-refractivity contribution < 1.29 is 9.18 Å². The Bertz CT molecular complexity index is 670. The summed E-state index contributed by atoms with van der Waals surface area (Å²) in [7, 11) is 0. The van der Waals surface area contributed by atoms with E-state index in [4.69, 9.17) is 23.1 Å². The van der Waals surface area contributed by atoms with Crippen LogP contribution in [0.3, 0.4) is 0 Å². The number of primary amides is 1. The van der Waals surface area contributed by atoms with Crippen molar-refractivity contribution in [3.8, 4) is 0 Å². The minimum atomic E-state index is -0.572. The second kappa shape index (κ2) is 5.68. The van der Waals surface area contributed by atoms with Crippen LogP contribution >= 0.6 is 27.5 Å². The van der Waals surface area contributed by atoms with Gasteiger partial charge in [-0.15, -0.1) is 0 Å². The van der Waals surface area contributed by atoms with Crippen LogP contribution in [0.4, 0.5) is 21.5 Å². The molecule has 0 radical (unpaired) electrons. The molecule has 104 valence electrons. The molecular weight excluding hydrogens is 349 g/mol. The number of nitrogen functional groups attached to an aromatic ring is 1. The molecule has 0 aromatic heterocycles. The lowest BCUT2D eigenvalue weighted by Gasteiger charge is -2.13. The molecule has 0 spiro atoms. The standard InChI is InChI=1S/C13H10BrClFN3O/c14-8-4-7(16)5-9(15)12(8)19-11-3-6(13(18)20)1-2-10(11)17/h1-5,19H,17H2,(H2,18,20). The second-order valence-corrected chi connectivity index (χ2v) is 5.30. The van der Waals surface area contributed by atoms with Gasteiger partial charge in [0.25, 0.3) is 0 Å². The van der Waals surface area contributed by atoms with Gasteiger partial charge >= 0.3 is 0 Å². The van der Waals surface area contributed by atoms with Crippen LogP contribution in [0, 0.1) is 5.82 Å². The number of carbonyl (C=O) groups is 1. The molecule has 0 aliphatic heterocycles. The number of halogens is 3. The lowest BCUT2D eigenvalue weighted by Crippen LogP contribution is -2.11. The number of nitrogens with one attached hydrogen (secondary N) is 1. The Morgan fingerprint density at radius 1 is 1.30 bits per heavy atom. The highest BCUT2D eigenvalue weighted by molar-refractivity contribution is 9.10. The van der Waals surface area contributed by atoms with Crippen LogP contribution in [-0.2, 0) is 0 Å². The largest absolute Gasteiger partial charge is 0.397 e. The van der Waals surface area contributed by atoms with Gasteiger partial charge < -0.3 is 16.8 Å². The summed E-state index contributed by atoms with van der Waals surface area (Å²) in [6.07, 6.45) is 0. The Labute approximate surface area is 128 Å². The summed E-state index contributed by atoms with van der Waals surface area (Å²) in [6.45, 7) is 0. The zero-order valence-electron chi connectivity index (χ0n) is 10.1. The molecule has 0 aliphatic carbocycles. The molecule has 0 saturated carbocycles. The molecule has 2 aromatic carbocycles. The van der Waals surface area contributed by atoms with Gasteiger partial charge in [-0.3, -0.25) is 4.79 Å². The normalized spacial score (nSPS) is 10.3. The Kier molecular flexibility index (Phi) is 4.15. The van der Waals surface area contributed by atoms with Gasteiger partial charge in [0.05, 0.1) is 22.1 Å². The summed E-state index contributed by atoms with van der Waals surface area (Å²) in [5.41, 5.74) is 12.6. The van der Waals surface area contributed by atoms with E-state index in [1.165, 1.54) is 24.3 Å². The van der Waals surface area contributed by atoms with Crippen molar-refractivity contribution >= 4 is 50.5 Å². The van der Waals surface area contributed by atoms with Gasteiger partial charge in [-0.1, -0.05) is 11.6 Å². The summed E-state index contributed by atoms with van der Waals surface area (Å²) >= 11 is 9.18. The fraction of sp³-hybridized carbons (Fsp3) is 0. The summed E-state index contributed by atoms with van der Waals surface area (Å²) in [6, 6.07) is 7.01. The molecule has 0 atom stereocenters. The van der Waals surface area contributed by atoms with Crippen LogP contribution in [0.1, 0.15) is 10.4 Å². The average Bonchev–Trinajstić information content (AvgIpc) is 2.35. The molecule has 0 bridgehead atoms. The van der Waals surface area contributed by atoms with E-state index >= 15 is 0 Å². The molecule has 0 saturated heterocycles. The monoisotopic (exact) mass is 357 g/mol. The molecule has 20 heavy (non-hydrogen) atoms. The molecule has 1 amide bonds. The molecule has 7 heteroatoms. The molecular formula is C13H10BrClFN3O. The van der Waals surface area contributed by atoms with Gasteiger partial charge in [0, 0.05) is 10.0 Å². The number of nitrogens with two attached hydrogens (primary N) is 2. The van der Waals surface area contributed by atoms with Crippen molar-refractivity contribution in [3.05, 3.63) is 51.2 Å². The van der Waals surface area contributed by atoms with E-state index in [1.807, 2.05) is 0 Å². The Balaban J connectivity index is 2.45. The molecule has 2 aromatic rings. The van der Waals surface area contributed by atoms with Crippen LogP contribution in [0.5, 0.6) is 0 Å². The highest BCUT2D eigenvalue weighted by atomic mass is 79.9. The van der Waals surface area contributed by atoms with Gasteiger partial charge in [0.15, 0.2) is 0 Å². The number of carbonyl (C=O) groups excluding carboxylic acids is 1. The first-order valence-electron chi connectivity index (χ1n) is 5.49. The minimum Gasteiger partial charge on any atom is -0.397 e. The first-order valence-corrected chi connectivity index (χ1v) is 6.66. The van der Waals surface area contributed by atoms with Crippen LogP contribution in [-0.4, -0.2) is 5.91 Å². The quantitative estimate of drug-likeness (QED) is 0.732. The van der Waals surface area contributed by atoms with Crippen molar-refractivity contribution in [2.45, 2.75) is 0 Å². The molecule has 4 nitrogen and oxygen atoms in total. The smallest absolute Gasteiger partial charge is 0.248 e. The van der Waals surface area contributed by atoms with Crippen molar-refractivity contribution in [3.63, 3.8) is 0 Å². The number of hydrogen-bond donors (Lipinski definition) is 3. The van der Waals surface area contributed by atoms with Gasteiger partial charge in [-0.25, -0.2) is 4.39 Å². The van der Waals surface area contributed by atoms with E-state index in [1.54, 1.807) is 6.07 Å². The third-order valence-corrected chi connectivity index (χ3v) is 3.53. The maximum atomic E-state index is 13.2. The molecule has 0 unspecified atom stereocenters. The fourth-order valence-electron chi connectivity index (χ4n) is 1.61. The maximum Gasteiger partial charge on any atom is 0.248 e. The van der Waals surface area contributed by atoms with E-state index in [9.17, 15) is 9.18 Å². The van der Waals surface area contributed by atoms with Crippen LogP contribution in [0.15, 0.2) is 34.8 Å². The molecule has 2 rings (SSSR count). The van der Waals surface area contributed by atoms with E-state index in [-0.39, 0.29) is 5.02 Å². The number of rotatable bonds is 3. The zero-order valence-corrected chi connectivity index (χ0v) is 12.4. The summed E-state index contributed by atoms with van der Waals surface area (Å²) in [5.74, 6) is -1.04. The second-order valence-electron chi connectivity index (χ2n) is 4.04. The topological polar surface area (TPSA) is 81.1 Å². The number of anilines is 3. The highest BCUT2D eigenvalue weighted by Crippen LogP contribution is 2.35. The third kappa shape index (κ3) is 3.02. The summed E-state index contributed by atoms with van der Waals surface area (Å²) in [5, 5.41) is 3.13. The van der Waals surface area contributed by atoms with Crippen LogP contribution in [0.2, 0.25) is 5.02 Å². The van der Waals surface area contributed by atoms with Gasteiger partial charge in [-0.2, -0.15) is 0 Å². The summed E-state index contributed by atoms with van der Waals surface area (Å²) < 4.78 is 13.6. The fourth-order valence-corrected chi connectivity index (χ4v) is 2.51. The van der Waals surface area contributed by atoms with Gasteiger partial charge in [0.1, 0.15) is 5.82 Å². The molecule has 5 N–H and O–H groups in total. The predicted molar refractivity (Wildman–Crippen MR) is 81.8 cm³/mol. The van der Waals surface area contributed by atoms with E-state index in [2.05, 4.69) is 21.2 Å². The van der Waals surface area contributed by atoms with E-state index in [0.717, 1.165) is 0 Å². The highest BCUT2D eigenvalue weighted by Gasteiger charge is 2.11. The predicted octanol–water partition coefficient (Wildman–Crippen LogP) is 3.67. The Morgan fingerprint density at radius 3 is 2.60 bits per heavy atom. The first-order chi connectivity index (χ1) is 9.38. The molecule has 0 fully saturated rings. The van der Waals surface area contributed by atoms with Crippen LogP contribution < -0.4 is 16.8 Å². The molecule has 0 heterocycles. The van der Waals surface area contributed by atoms with E-state index in [0.29, 0.717) is 27.1 Å². The lowest BCUT2D eigenvalue weighted by atomic mass is 10.1. The SMILES string of the molecule is NC(=O)c1ccc(N)c(Nc2c(Cl)cc(F)cc2Br)c1. The van der Waals surface area contributed by atoms with Crippen molar-refractivity contribution in [1.29, 1.82) is 0 Å². The minimum absolute atomic E-state index is 0.181. The number of amides is 1. The zero-order chi connectivity index (χ0) is 14.9. The van der Waals surface area contributed by atoms with Crippen LogP contribution in [0.25, 0.3) is 0 Å².